The summed E-state index contributed by atoms with van der Waals surface area (Å²) in [5, 5.41) is 3.35. The molecular formula is C22H30F2IN5O2. The van der Waals surface area contributed by atoms with Gasteiger partial charge in [0.05, 0.1) is 7.11 Å². The van der Waals surface area contributed by atoms with Gasteiger partial charge in [0, 0.05) is 45.5 Å². The molecule has 1 aliphatic rings. The smallest absolute Gasteiger partial charge is 0.387 e. The van der Waals surface area contributed by atoms with E-state index >= 15 is 0 Å². The Hall–Kier alpha value is -2.37. The standard InChI is InChI=1S/C22H29F2N5O2.HI/c1-3-25-22(29-14-12-28(13-15-29)20-6-4-5-10-26-20)27-11-9-17-7-8-18(30-2)19(16-17)31-21(23)24;/h4-8,10,16,21H,3,9,11-15H2,1-2H3,(H,25,27);1H. The lowest BCUT2D eigenvalue weighted by atomic mass is 10.1. The number of anilines is 1. The highest BCUT2D eigenvalue weighted by Crippen LogP contribution is 2.29. The number of methoxy groups -OCH3 is 1. The van der Waals surface area contributed by atoms with Crippen LogP contribution in [0.2, 0.25) is 0 Å². The average Bonchev–Trinajstić information content (AvgIpc) is 2.79. The Morgan fingerprint density at radius 2 is 1.94 bits per heavy atom. The van der Waals surface area contributed by atoms with Gasteiger partial charge in [-0.1, -0.05) is 12.1 Å². The van der Waals surface area contributed by atoms with Gasteiger partial charge in [0.2, 0.25) is 0 Å². The lowest BCUT2D eigenvalue weighted by Crippen LogP contribution is -2.52. The summed E-state index contributed by atoms with van der Waals surface area (Å²) in [6.45, 7) is 3.87. The van der Waals surface area contributed by atoms with E-state index in [0.29, 0.717) is 13.0 Å². The Balaban J connectivity index is 0.00000363. The van der Waals surface area contributed by atoms with E-state index in [9.17, 15) is 8.78 Å². The van der Waals surface area contributed by atoms with E-state index in [1.165, 1.54) is 7.11 Å². The molecule has 0 spiro atoms. The lowest BCUT2D eigenvalue weighted by molar-refractivity contribution is -0.0512. The lowest BCUT2D eigenvalue weighted by Gasteiger charge is -2.37. The van der Waals surface area contributed by atoms with E-state index in [-0.39, 0.29) is 35.5 Å². The monoisotopic (exact) mass is 561 g/mol. The van der Waals surface area contributed by atoms with Crippen molar-refractivity contribution in [1.82, 2.24) is 15.2 Å². The minimum Gasteiger partial charge on any atom is -0.493 e. The van der Waals surface area contributed by atoms with Crippen LogP contribution in [0, 0.1) is 0 Å². The van der Waals surface area contributed by atoms with Crippen molar-refractivity contribution >= 4 is 35.8 Å². The van der Waals surface area contributed by atoms with Crippen LogP contribution in [0.1, 0.15) is 12.5 Å². The Morgan fingerprint density at radius 3 is 2.56 bits per heavy atom. The van der Waals surface area contributed by atoms with Crippen LogP contribution in [-0.2, 0) is 6.42 Å². The molecule has 2 heterocycles. The Labute approximate surface area is 204 Å². The third kappa shape index (κ3) is 7.35. The zero-order valence-electron chi connectivity index (χ0n) is 18.3. The number of alkyl halides is 2. The molecule has 0 aliphatic carbocycles. The minimum atomic E-state index is -2.90. The number of hydrogen-bond donors (Lipinski definition) is 1. The summed E-state index contributed by atoms with van der Waals surface area (Å²) >= 11 is 0. The second-order valence-electron chi connectivity index (χ2n) is 7.01. The molecule has 0 atom stereocenters. The van der Waals surface area contributed by atoms with Crippen LogP contribution >= 0.6 is 24.0 Å². The van der Waals surface area contributed by atoms with Gasteiger partial charge < -0.3 is 24.6 Å². The van der Waals surface area contributed by atoms with Crippen LogP contribution in [0.4, 0.5) is 14.6 Å². The first kappa shape index (κ1) is 25.9. The van der Waals surface area contributed by atoms with E-state index < -0.39 is 6.61 Å². The fourth-order valence-electron chi connectivity index (χ4n) is 3.47. The number of halogens is 3. The van der Waals surface area contributed by atoms with Gasteiger partial charge in [-0.3, -0.25) is 4.99 Å². The number of nitrogens with zero attached hydrogens (tertiary/aromatic N) is 4. The van der Waals surface area contributed by atoms with E-state index in [0.717, 1.165) is 50.1 Å². The number of aromatic nitrogens is 1. The van der Waals surface area contributed by atoms with Gasteiger partial charge in [-0.05, 0) is 43.2 Å². The van der Waals surface area contributed by atoms with E-state index in [4.69, 9.17) is 9.73 Å². The van der Waals surface area contributed by atoms with E-state index in [1.54, 1.807) is 12.1 Å². The number of nitrogens with one attached hydrogen (secondary N) is 1. The predicted octanol–water partition coefficient (Wildman–Crippen LogP) is 3.64. The predicted molar refractivity (Wildman–Crippen MR) is 133 cm³/mol. The highest BCUT2D eigenvalue weighted by molar-refractivity contribution is 14.0. The van der Waals surface area contributed by atoms with Crippen molar-refractivity contribution in [3.8, 4) is 11.5 Å². The second-order valence-corrected chi connectivity index (χ2v) is 7.01. The summed E-state index contributed by atoms with van der Waals surface area (Å²) in [5.74, 6) is 2.18. The van der Waals surface area contributed by atoms with Crippen LogP contribution < -0.4 is 19.7 Å². The normalized spacial score (nSPS) is 14.2. The molecule has 0 bridgehead atoms. The van der Waals surface area contributed by atoms with Crippen molar-refractivity contribution in [1.29, 1.82) is 0 Å². The van der Waals surface area contributed by atoms with Crippen LogP contribution in [0.15, 0.2) is 47.6 Å². The number of benzene rings is 1. The molecule has 1 aromatic carbocycles. The Morgan fingerprint density at radius 1 is 1.16 bits per heavy atom. The van der Waals surface area contributed by atoms with Gasteiger partial charge in [0.25, 0.3) is 0 Å². The number of ether oxygens (including phenoxy) is 2. The van der Waals surface area contributed by atoms with E-state index in [2.05, 4.69) is 24.8 Å². The number of guanidine groups is 1. The van der Waals surface area contributed by atoms with Crippen molar-refractivity contribution in [3.05, 3.63) is 48.2 Å². The van der Waals surface area contributed by atoms with Crippen molar-refractivity contribution in [3.63, 3.8) is 0 Å². The molecule has 0 unspecified atom stereocenters. The van der Waals surface area contributed by atoms with E-state index in [1.807, 2.05) is 37.4 Å². The van der Waals surface area contributed by atoms with Crippen LogP contribution in [0.5, 0.6) is 11.5 Å². The minimum absolute atomic E-state index is 0. The van der Waals surface area contributed by atoms with Crippen LogP contribution in [0.3, 0.4) is 0 Å². The fourth-order valence-corrected chi connectivity index (χ4v) is 3.47. The zero-order chi connectivity index (χ0) is 22.1. The van der Waals surface area contributed by atoms with Gasteiger partial charge in [-0.15, -0.1) is 24.0 Å². The van der Waals surface area contributed by atoms with Crippen molar-refractivity contribution in [2.45, 2.75) is 20.0 Å². The van der Waals surface area contributed by atoms with Gasteiger partial charge in [0.1, 0.15) is 5.82 Å². The fraction of sp³-hybridized carbons (Fsp3) is 0.455. The Kier molecular flexibility index (Phi) is 10.7. The molecule has 1 fully saturated rings. The second kappa shape index (κ2) is 13.2. The summed E-state index contributed by atoms with van der Waals surface area (Å²) in [6, 6.07) is 11.0. The number of aliphatic imine (C=N–C) groups is 1. The molecule has 32 heavy (non-hydrogen) atoms. The third-order valence-electron chi connectivity index (χ3n) is 4.99. The molecule has 1 aliphatic heterocycles. The molecule has 2 aromatic rings. The quantitative estimate of drug-likeness (QED) is 0.302. The van der Waals surface area contributed by atoms with Gasteiger partial charge in [0.15, 0.2) is 17.5 Å². The maximum Gasteiger partial charge on any atom is 0.387 e. The average molecular weight is 561 g/mol. The summed E-state index contributed by atoms with van der Waals surface area (Å²) in [4.78, 5) is 13.7. The number of hydrogen-bond acceptors (Lipinski definition) is 5. The number of pyridine rings is 1. The van der Waals surface area contributed by atoms with Gasteiger partial charge >= 0.3 is 6.61 Å². The largest absolute Gasteiger partial charge is 0.493 e. The van der Waals surface area contributed by atoms with Crippen molar-refractivity contribution in [2.75, 3.05) is 51.3 Å². The SMILES string of the molecule is CCNC(=NCCc1ccc(OC)c(OC(F)F)c1)N1CCN(c2ccccn2)CC1.I. The molecule has 0 saturated carbocycles. The molecule has 1 aromatic heterocycles. The summed E-state index contributed by atoms with van der Waals surface area (Å²) in [5.41, 5.74) is 0.857. The highest BCUT2D eigenvalue weighted by Gasteiger charge is 2.20. The number of piperazine rings is 1. The maximum atomic E-state index is 12.6. The van der Waals surface area contributed by atoms with Crippen LogP contribution in [-0.4, -0.2) is 68.8 Å². The molecule has 3 rings (SSSR count). The topological polar surface area (TPSA) is 62.2 Å². The van der Waals surface area contributed by atoms with Gasteiger partial charge in [-0.2, -0.15) is 8.78 Å². The third-order valence-corrected chi connectivity index (χ3v) is 4.99. The van der Waals surface area contributed by atoms with Gasteiger partial charge in [-0.25, -0.2) is 4.98 Å². The molecule has 7 nitrogen and oxygen atoms in total. The molecular weight excluding hydrogens is 531 g/mol. The van der Waals surface area contributed by atoms with Crippen LogP contribution in [0.25, 0.3) is 0 Å². The zero-order valence-corrected chi connectivity index (χ0v) is 20.7. The summed E-state index contributed by atoms with van der Waals surface area (Å²) < 4.78 is 34.9. The molecule has 176 valence electrons. The first-order valence-corrected chi connectivity index (χ1v) is 10.4. The Bertz CT molecular complexity index is 849. The maximum absolute atomic E-state index is 12.6. The molecule has 0 radical (unpaired) electrons. The highest BCUT2D eigenvalue weighted by atomic mass is 127. The molecule has 10 heteroatoms. The summed E-state index contributed by atoms with van der Waals surface area (Å²) in [6.07, 6.45) is 2.41. The molecule has 1 N–H and O–H groups in total. The van der Waals surface area contributed by atoms with Crippen molar-refractivity contribution < 1.29 is 18.3 Å². The molecule has 1 saturated heterocycles. The number of rotatable bonds is 8. The molecule has 0 amide bonds. The van der Waals surface area contributed by atoms with Crippen molar-refractivity contribution in [2.24, 2.45) is 4.99 Å². The first-order valence-electron chi connectivity index (χ1n) is 10.4. The summed E-state index contributed by atoms with van der Waals surface area (Å²) in [7, 11) is 1.42. The first-order chi connectivity index (χ1) is 15.1.